The van der Waals surface area contributed by atoms with E-state index in [1.807, 2.05) is 24.3 Å². The summed E-state index contributed by atoms with van der Waals surface area (Å²) in [4.78, 5) is 11.2. The van der Waals surface area contributed by atoms with Gasteiger partial charge >= 0.3 is 0 Å². The van der Waals surface area contributed by atoms with Crippen LogP contribution >= 0.6 is 0 Å². The first-order valence-corrected chi connectivity index (χ1v) is 8.06. The minimum absolute atomic E-state index is 0.182. The summed E-state index contributed by atoms with van der Waals surface area (Å²) in [6.07, 6.45) is 5.89. The molecule has 1 aliphatic heterocycles. The van der Waals surface area contributed by atoms with Crippen LogP contribution in [-0.4, -0.2) is 29.2 Å². The molecule has 4 rings (SSSR count). The summed E-state index contributed by atoms with van der Waals surface area (Å²) >= 11 is 0. The van der Waals surface area contributed by atoms with Gasteiger partial charge in [-0.2, -0.15) is 0 Å². The fraction of sp³-hybridized carbons (Fsp3) is 0.263. The Hall–Kier alpha value is -2.62. The van der Waals surface area contributed by atoms with Gasteiger partial charge in [0.2, 0.25) is 0 Å². The van der Waals surface area contributed by atoms with Gasteiger partial charge in [0.05, 0.1) is 18.3 Å². The lowest BCUT2D eigenvalue weighted by Gasteiger charge is -2.33. The average Bonchev–Trinajstić information content (AvgIpc) is 2.62. The molecule has 0 aliphatic carbocycles. The highest BCUT2D eigenvalue weighted by molar-refractivity contribution is 5.80. The third kappa shape index (κ3) is 3.11. The Morgan fingerprint density at radius 2 is 2.00 bits per heavy atom. The van der Waals surface area contributed by atoms with Crippen LogP contribution in [0.15, 0.2) is 60.9 Å². The van der Waals surface area contributed by atoms with Gasteiger partial charge in [0.1, 0.15) is 17.7 Å². The lowest BCUT2D eigenvalue weighted by Crippen LogP contribution is -2.41. The fourth-order valence-electron chi connectivity index (χ4n) is 3.08. The molecule has 0 spiro atoms. The van der Waals surface area contributed by atoms with E-state index in [2.05, 4.69) is 34.1 Å². The van der Waals surface area contributed by atoms with Crippen LogP contribution in [0.1, 0.15) is 12.8 Å². The number of para-hydroxylation sites is 1. The van der Waals surface area contributed by atoms with Crippen molar-refractivity contribution in [1.29, 1.82) is 0 Å². The lowest BCUT2D eigenvalue weighted by atomic mass is 10.1. The van der Waals surface area contributed by atoms with Crippen LogP contribution in [0.3, 0.4) is 0 Å². The van der Waals surface area contributed by atoms with Gasteiger partial charge in [-0.1, -0.05) is 18.2 Å². The molecule has 0 radical (unpaired) electrons. The Morgan fingerprint density at radius 1 is 1.04 bits per heavy atom. The highest BCUT2D eigenvalue weighted by Crippen LogP contribution is 2.23. The van der Waals surface area contributed by atoms with E-state index in [1.165, 1.54) is 5.39 Å². The Bertz CT molecular complexity index is 791. The Labute approximate surface area is 135 Å². The van der Waals surface area contributed by atoms with Gasteiger partial charge in [0, 0.05) is 18.1 Å². The van der Waals surface area contributed by atoms with Crippen molar-refractivity contribution in [3.8, 4) is 5.75 Å². The zero-order chi connectivity index (χ0) is 15.5. The number of hydrogen-bond donors (Lipinski definition) is 0. The van der Waals surface area contributed by atoms with Crippen LogP contribution in [0, 0.1) is 0 Å². The Balaban J connectivity index is 1.51. The maximum absolute atomic E-state index is 6.06. The second-order valence-corrected chi connectivity index (χ2v) is 5.88. The van der Waals surface area contributed by atoms with Crippen molar-refractivity contribution in [2.45, 2.75) is 18.9 Å². The van der Waals surface area contributed by atoms with Gasteiger partial charge in [0.25, 0.3) is 0 Å². The second kappa shape index (κ2) is 6.24. The molecular formula is C19H19N3O. The quantitative estimate of drug-likeness (QED) is 0.740. The van der Waals surface area contributed by atoms with Crippen molar-refractivity contribution in [2.24, 2.45) is 0 Å². The molecule has 0 N–H and O–H groups in total. The first-order valence-electron chi connectivity index (χ1n) is 8.06. The molecular weight excluding hydrogens is 286 g/mol. The number of piperidine rings is 1. The maximum Gasteiger partial charge on any atom is 0.138 e. The molecule has 4 heteroatoms. The van der Waals surface area contributed by atoms with Crippen molar-refractivity contribution in [2.75, 3.05) is 18.0 Å². The van der Waals surface area contributed by atoms with E-state index >= 15 is 0 Å². The van der Waals surface area contributed by atoms with Crippen molar-refractivity contribution in [3.63, 3.8) is 0 Å². The highest BCUT2D eigenvalue weighted by Gasteiger charge is 2.22. The molecule has 0 saturated carbocycles. The smallest absolute Gasteiger partial charge is 0.138 e. The third-order valence-corrected chi connectivity index (χ3v) is 4.22. The summed E-state index contributed by atoms with van der Waals surface area (Å²) in [5, 5.41) is 1.18. The molecule has 4 nitrogen and oxygen atoms in total. The molecule has 3 heterocycles. The van der Waals surface area contributed by atoms with Gasteiger partial charge < -0.3 is 9.64 Å². The summed E-state index contributed by atoms with van der Waals surface area (Å²) in [5.41, 5.74) is 1.04. The van der Waals surface area contributed by atoms with Crippen LogP contribution in [0.25, 0.3) is 10.9 Å². The van der Waals surface area contributed by atoms with E-state index in [0.717, 1.165) is 43.0 Å². The molecule has 2 aromatic heterocycles. The summed E-state index contributed by atoms with van der Waals surface area (Å²) in [6, 6.07) is 16.3. The first kappa shape index (κ1) is 14.0. The summed E-state index contributed by atoms with van der Waals surface area (Å²) in [5.74, 6) is 1.87. The number of anilines is 1. The molecule has 1 fully saturated rings. The van der Waals surface area contributed by atoms with E-state index in [0.29, 0.717) is 0 Å². The fourth-order valence-corrected chi connectivity index (χ4v) is 3.08. The minimum Gasteiger partial charge on any atom is -0.487 e. The first-order chi connectivity index (χ1) is 11.4. The zero-order valence-electron chi connectivity index (χ0n) is 12.9. The van der Waals surface area contributed by atoms with E-state index in [9.17, 15) is 0 Å². The summed E-state index contributed by atoms with van der Waals surface area (Å²) in [6.45, 7) is 1.89. The maximum atomic E-state index is 6.06. The summed E-state index contributed by atoms with van der Waals surface area (Å²) < 4.78 is 6.06. The van der Waals surface area contributed by atoms with Crippen LogP contribution in [0.4, 0.5) is 5.82 Å². The SMILES string of the molecule is c1cncc(OC2CCCN(c3ccc4ccccc4n3)C2)c1. The molecule has 0 amide bonds. The van der Waals surface area contributed by atoms with Gasteiger partial charge in [-0.15, -0.1) is 0 Å². The third-order valence-electron chi connectivity index (χ3n) is 4.22. The predicted molar refractivity (Wildman–Crippen MR) is 91.8 cm³/mol. The van der Waals surface area contributed by atoms with Crippen molar-refractivity contribution < 1.29 is 4.74 Å². The van der Waals surface area contributed by atoms with Crippen LogP contribution in [0.5, 0.6) is 5.75 Å². The molecule has 1 aliphatic rings. The number of ether oxygens (including phenoxy) is 1. The molecule has 1 saturated heterocycles. The number of hydrogen-bond acceptors (Lipinski definition) is 4. The van der Waals surface area contributed by atoms with Crippen LogP contribution in [-0.2, 0) is 0 Å². The Morgan fingerprint density at radius 3 is 2.91 bits per heavy atom. The molecule has 23 heavy (non-hydrogen) atoms. The molecule has 1 atom stereocenters. The van der Waals surface area contributed by atoms with Gasteiger partial charge in [-0.3, -0.25) is 4.98 Å². The molecule has 3 aromatic rings. The van der Waals surface area contributed by atoms with Crippen LogP contribution in [0.2, 0.25) is 0 Å². The molecule has 116 valence electrons. The van der Waals surface area contributed by atoms with Gasteiger partial charge in [0.15, 0.2) is 0 Å². The monoisotopic (exact) mass is 305 g/mol. The number of benzene rings is 1. The number of nitrogens with zero attached hydrogens (tertiary/aromatic N) is 3. The average molecular weight is 305 g/mol. The van der Waals surface area contributed by atoms with Crippen LogP contribution < -0.4 is 9.64 Å². The zero-order valence-corrected chi connectivity index (χ0v) is 12.9. The van der Waals surface area contributed by atoms with Crippen molar-refractivity contribution in [1.82, 2.24) is 9.97 Å². The van der Waals surface area contributed by atoms with Gasteiger partial charge in [-0.25, -0.2) is 4.98 Å². The highest BCUT2D eigenvalue weighted by atomic mass is 16.5. The van der Waals surface area contributed by atoms with E-state index in [4.69, 9.17) is 9.72 Å². The molecule has 0 bridgehead atoms. The largest absolute Gasteiger partial charge is 0.487 e. The number of pyridine rings is 2. The lowest BCUT2D eigenvalue weighted by molar-refractivity contribution is 0.178. The predicted octanol–water partition coefficient (Wildman–Crippen LogP) is 3.68. The Kier molecular flexibility index (Phi) is 3.80. The van der Waals surface area contributed by atoms with E-state index in [-0.39, 0.29) is 6.10 Å². The second-order valence-electron chi connectivity index (χ2n) is 5.88. The minimum atomic E-state index is 0.182. The number of aromatic nitrogens is 2. The van der Waals surface area contributed by atoms with E-state index < -0.39 is 0 Å². The van der Waals surface area contributed by atoms with E-state index in [1.54, 1.807) is 12.4 Å². The van der Waals surface area contributed by atoms with Gasteiger partial charge in [-0.05, 0) is 43.2 Å². The molecule has 1 unspecified atom stereocenters. The number of fused-ring (bicyclic) bond motifs is 1. The number of rotatable bonds is 3. The molecule has 1 aromatic carbocycles. The summed E-state index contributed by atoms with van der Waals surface area (Å²) in [7, 11) is 0. The standard InChI is InChI=1S/C19H19N3O/c1-2-8-18-15(5-1)9-10-19(21-18)22-12-4-7-17(14-22)23-16-6-3-11-20-13-16/h1-3,5-6,8-11,13,17H,4,7,12,14H2. The normalized spacial score (nSPS) is 18.1. The topological polar surface area (TPSA) is 38.2 Å². The van der Waals surface area contributed by atoms with Crippen molar-refractivity contribution >= 4 is 16.7 Å². The van der Waals surface area contributed by atoms with Crippen molar-refractivity contribution in [3.05, 3.63) is 60.9 Å².